The number of hydrogen-bond acceptors (Lipinski definition) is 5. The Balaban J connectivity index is 1.56. The van der Waals surface area contributed by atoms with Gasteiger partial charge < -0.3 is 5.32 Å². The average molecular weight is 317 g/mol. The third-order valence-electron chi connectivity index (χ3n) is 4.32. The molecule has 0 radical (unpaired) electrons. The van der Waals surface area contributed by atoms with Gasteiger partial charge in [0.25, 0.3) is 5.82 Å². The van der Waals surface area contributed by atoms with Crippen LogP contribution >= 0.6 is 11.3 Å². The zero-order valence-corrected chi connectivity index (χ0v) is 11.9. The summed E-state index contributed by atoms with van der Waals surface area (Å²) in [5, 5.41) is 15.1. The largest absolute Gasteiger partial charge is 0.453 e. The topological polar surface area (TPSA) is 55.1 Å². The van der Waals surface area contributed by atoms with Crippen LogP contribution in [0.5, 0.6) is 0 Å². The van der Waals surface area contributed by atoms with Crippen LogP contribution in [0.1, 0.15) is 36.5 Å². The van der Waals surface area contributed by atoms with E-state index in [4.69, 9.17) is 0 Å². The first kappa shape index (κ1) is 13.4. The normalized spacial score (nSPS) is 29.4. The molecule has 9 heteroatoms. The van der Waals surface area contributed by atoms with E-state index < -0.39 is 12.0 Å². The SMILES string of the molecule is FC(F)(F)c1nnc2sc(CC3CC4CCC(C3)N4)nn12. The summed E-state index contributed by atoms with van der Waals surface area (Å²) in [6.45, 7) is 0. The molecule has 2 aromatic rings. The number of nitrogens with zero attached hydrogens (tertiary/aromatic N) is 4. The minimum absolute atomic E-state index is 0.217. The van der Waals surface area contributed by atoms with Gasteiger partial charge in [0, 0.05) is 18.5 Å². The average Bonchev–Trinajstić information content (AvgIpc) is 3.02. The van der Waals surface area contributed by atoms with Crippen molar-refractivity contribution in [1.82, 2.24) is 25.1 Å². The monoisotopic (exact) mass is 317 g/mol. The predicted molar refractivity (Wildman–Crippen MR) is 70.0 cm³/mol. The molecule has 2 aliphatic heterocycles. The number of alkyl halides is 3. The molecule has 5 nitrogen and oxygen atoms in total. The smallest absolute Gasteiger partial charge is 0.311 e. The van der Waals surface area contributed by atoms with Crippen molar-refractivity contribution < 1.29 is 13.2 Å². The summed E-state index contributed by atoms with van der Waals surface area (Å²) in [6, 6.07) is 1.15. The number of nitrogens with one attached hydrogen (secondary N) is 1. The molecule has 2 aliphatic rings. The number of piperidine rings is 1. The van der Waals surface area contributed by atoms with E-state index in [9.17, 15) is 13.2 Å². The van der Waals surface area contributed by atoms with Crippen LogP contribution in [-0.2, 0) is 12.6 Å². The van der Waals surface area contributed by atoms with E-state index in [1.54, 1.807) is 0 Å². The molecule has 21 heavy (non-hydrogen) atoms. The van der Waals surface area contributed by atoms with Crippen molar-refractivity contribution in [3.05, 3.63) is 10.8 Å². The molecule has 0 aliphatic carbocycles. The van der Waals surface area contributed by atoms with Gasteiger partial charge in [-0.25, -0.2) is 0 Å². The molecule has 1 N–H and O–H groups in total. The van der Waals surface area contributed by atoms with Gasteiger partial charge >= 0.3 is 6.18 Å². The minimum atomic E-state index is -4.52. The maximum absolute atomic E-state index is 12.8. The summed E-state index contributed by atoms with van der Waals surface area (Å²) in [4.78, 5) is 0.217. The zero-order valence-electron chi connectivity index (χ0n) is 11.1. The van der Waals surface area contributed by atoms with Crippen molar-refractivity contribution in [2.45, 2.75) is 50.4 Å². The van der Waals surface area contributed by atoms with Gasteiger partial charge in [-0.05, 0) is 31.6 Å². The lowest BCUT2D eigenvalue weighted by Crippen LogP contribution is -2.38. The second kappa shape index (κ2) is 4.64. The Hall–Kier alpha value is -1.22. The van der Waals surface area contributed by atoms with Crippen LogP contribution in [0.4, 0.5) is 13.2 Å². The summed E-state index contributed by atoms with van der Waals surface area (Å²) in [5.41, 5.74) is 0. The van der Waals surface area contributed by atoms with Gasteiger partial charge in [-0.1, -0.05) is 11.3 Å². The molecule has 114 valence electrons. The number of halogens is 3. The first-order valence-electron chi connectivity index (χ1n) is 7.03. The zero-order chi connectivity index (χ0) is 14.6. The third-order valence-corrected chi connectivity index (χ3v) is 5.24. The van der Waals surface area contributed by atoms with Gasteiger partial charge in [0.1, 0.15) is 5.01 Å². The number of rotatable bonds is 2. The van der Waals surface area contributed by atoms with Gasteiger partial charge in [-0.15, -0.1) is 10.2 Å². The highest BCUT2D eigenvalue weighted by Gasteiger charge is 2.39. The van der Waals surface area contributed by atoms with Crippen LogP contribution < -0.4 is 5.32 Å². The molecule has 2 atom stereocenters. The summed E-state index contributed by atoms with van der Waals surface area (Å²) in [5.74, 6) is -0.535. The van der Waals surface area contributed by atoms with Crippen molar-refractivity contribution in [3.8, 4) is 0 Å². The highest BCUT2D eigenvalue weighted by molar-refractivity contribution is 7.16. The molecule has 2 saturated heterocycles. The fraction of sp³-hybridized carbons (Fsp3) is 0.750. The second-order valence-electron chi connectivity index (χ2n) is 5.89. The predicted octanol–water partition coefficient (Wildman–Crippen LogP) is 2.28. The molecule has 2 unspecified atom stereocenters. The molecule has 4 rings (SSSR count). The van der Waals surface area contributed by atoms with Crippen LogP contribution in [-0.4, -0.2) is 31.9 Å². The van der Waals surface area contributed by atoms with E-state index in [1.807, 2.05) is 0 Å². The third kappa shape index (κ3) is 2.42. The first-order chi connectivity index (χ1) is 9.99. The summed E-state index contributed by atoms with van der Waals surface area (Å²) < 4.78 is 39.1. The van der Waals surface area contributed by atoms with Gasteiger partial charge in [0.15, 0.2) is 0 Å². The maximum Gasteiger partial charge on any atom is 0.453 e. The molecule has 2 bridgehead atoms. The summed E-state index contributed by atoms with van der Waals surface area (Å²) >= 11 is 1.21. The van der Waals surface area contributed by atoms with E-state index in [0.29, 0.717) is 18.0 Å². The number of fused-ring (bicyclic) bond motifs is 3. The van der Waals surface area contributed by atoms with E-state index >= 15 is 0 Å². The Morgan fingerprint density at radius 2 is 1.90 bits per heavy atom. The summed E-state index contributed by atoms with van der Waals surface area (Å²) in [7, 11) is 0. The standard InChI is InChI=1S/C12H14F3N5S/c13-12(14,15)10-17-18-11-20(10)19-9(21-11)5-6-3-7-1-2-8(4-6)16-7/h6-8,16H,1-5H2. The van der Waals surface area contributed by atoms with Crippen LogP contribution in [0.25, 0.3) is 4.96 Å². The van der Waals surface area contributed by atoms with E-state index in [-0.39, 0.29) is 4.96 Å². The molecule has 2 fully saturated rings. The molecule has 0 amide bonds. The lowest BCUT2D eigenvalue weighted by Gasteiger charge is -2.28. The van der Waals surface area contributed by atoms with Crippen molar-refractivity contribution in [2.75, 3.05) is 0 Å². The molecule has 2 aromatic heterocycles. The van der Waals surface area contributed by atoms with Crippen molar-refractivity contribution in [1.29, 1.82) is 0 Å². The van der Waals surface area contributed by atoms with Gasteiger partial charge in [-0.2, -0.15) is 22.8 Å². The fourth-order valence-corrected chi connectivity index (χ4v) is 4.45. The quantitative estimate of drug-likeness (QED) is 0.923. The molecule has 0 spiro atoms. The second-order valence-corrected chi connectivity index (χ2v) is 6.93. The lowest BCUT2D eigenvalue weighted by molar-refractivity contribution is -0.146. The number of hydrogen-bond donors (Lipinski definition) is 1. The Bertz CT molecular complexity index is 651. The lowest BCUT2D eigenvalue weighted by atomic mass is 9.90. The molecule has 4 heterocycles. The van der Waals surface area contributed by atoms with E-state index in [2.05, 4.69) is 20.6 Å². The Kier molecular flexibility index (Phi) is 2.97. The minimum Gasteiger partial charge on any atom is -0.311 e. The van der Waals surface area contributed by atoms with Crippen molar-refractivity contribution in [2.24, 2.45) is 5.92 Å². The Morgan fingerprint density at radius 3 is 2.57 bits per heavy atom. The fourth-order valence-electron chi connectivity index (χ4n) is 3.50. The van der Waals surface area contributed by atoms with E-state index in [1.165, 1.54) is 24.2 Å². The van der Waals surface area contributed by atoms with Gasteiger partial charge in [-0.3, -0.25) is 0 Å². The van der Waals surface area contributed by atoms with Crippen LogP contribution in [0, 0.1) is 5.92 Å². The van der Waals surface area contributed by atoms with E-state index in [0.717, 1.165) is 28.8 Å². The molecular formula is C12H14F3N5S. The van der Waals surface area contributed by atoms with Gasteiger partial charge in [0.05, 0.1) is 0 Å². The number of aromatic nitrogens is 4. The van der Waals surface area contributed by atoms with Crippen molar-refractivity contribution >= 4 is 16.3 Å². The maximum atomic E-state index is 12.8. The highest BCUT2D eigenvalue weighted by Crippen LogP contribution is 2.34. The molecular weight excluding hydrogens is 303 g/mol. The van der Waals surface area contributed by atoms with Crippen LogP contribution in [0.3, 0.4) is 0 Å². The first-order valence-corrected chi connectivity index (χ1v) is 7.85. The Morgan fingerprint density at radius 1 is 1.19 bits per heavy atom. The molecule has 0 saturated carbocycles. The highest BCUT2D eigenvalue weighted by atomic mass is 32.1. The Labute approximate surface area is 122 Å². The van der Waals surface area contributed by atoms with Gasteiger partial charge in [0.2, 0.25) is 4.96 Å². The summed E-state index contributed by atoms with van der Waals surface area (Å²) in [6.07, 6.45) is 0.819. The molecule has 0 aromatic carbocycles. The van der Waals surface area contributed by atoms with Crippen molar-refractivity contribution in [3.63, 3.8) is 0 Å². The van der Waals surface area contributed by atoms with Crippen LogP contribution in [0.15, 0.2) is 0 Å². The van der Waals surface area contributed by atoms with Crippen LogP contribution in [0.2, 0.25) is 0 Å².